The summed E-state index contributed by atoms with van der Waals surface area (Å²) in [5.41, 5.74) is 1.70. The van der Waals surface area contributed by atoms with Gasteiger partial charge in [0, 0.05) is 45.0 Å². The molecule has 0 spiro atoms. The summed E-state index contributed by atoms with van der Waals surface area (Å²) in [5, 5.41) is 4.59. The number of amides is 1. The summed E-state index contributed by atoms with van der Waals surface area (Å²) in [7, 11) is 0. The molecule has 0 N–H and O–H groups in total. The summed E-state index contributed by atoms with van der Waals surface area (Å²) in [5.74, 6) is 0.892. The van der Waals surface area contributed by atoms with Gasteiger partial charge >= 0.3 is 0 Å². The van der Waals surface area contributed by atoms with E-state index in [-0.39, 0.29) is 11.8 Å². The average molecular weight is 334 g/mol. The van der Waals surface area contributed by atoms with Crippen LogP contribution in [0.1, 0.15) is 49.7 Å². The fourth-order valence-electron chi connectivity index (χ4n) is 3.86. The lowest BCUT2D eigenvalue weighted by Gasteiger charge is -2.33. The van der Waals surface area contributed by atoms with Crippen molar-refractivity contribution in [1.82, 2.24) is 19.6 Å². The Hall–Kier alpha value is -1.40. The van der Waals surface area contributed by atoms with Gasteiger partial charge in [-0.15, -0.1) is 0 Å². The zero-order chi connectivity index (χ0) is 17.3. The van der Waals surface area contributed by atoms with Crippen LogP contribution in [0, 0.1) is 5.92 Å². The number of hydrogen-bond donors (Lipinski definition) is 0. The third-order valence-electron chi connectivity index (χ3n) is 5.27. The van der Waals surface area contributed by atoms with E-state index >= 15 is 0 Å². The van der Waals surface area contributed by atoms with Crippen molar-refractivity contribution >= 4 is 5.91 Å². The molecule has 2 aliphatic rings. The Kier molecular flexibility index (Phi) is 5.25. The van der Waals surface area contributed by atoms with Crippen LogP contribution in [-0.2, 0) is 11.3 Å². The van der Waals surface area contributed by atoms with E-state index < -0.39 is 0 Å². The van der Waals surface area contributed by atoms with Crippen LogP contribution in [0.2, 0.25) is 0 Å². The minimum Gasteiger partial charge on any atom is -0.379 e. The van der Waals surface area contributed by atoms with Gasteiger partial charge in [-0.3, -0.25) is 14.4 Å². The first kappa shape index (κ1) is 17.4. The molecule has 2 aliphatic heterocycles. The molecule has 0 bridgehead atoms. The van der Waals surface area contributed by atoms with Crippen LogP contribution in [0.4, 0.5) is 0 Å². The highest BCUT2D eigenvalue weighted by molar-refractivity contribution is 5.95. The van der Waals surface area contributed by atoms with E-state index in [1.165, 1.54) is 0 Å². The van der Waals surface area contributed by atoms with Gasteiger partial charge in [0.05, 0.1) is 24.5 Å². The maximum Gasteiger partial charge on any atom is 0.257 e. The highest BCUT2D eigenvalue weighted by Gasteiger charge is 2.37. The van der Waals surface area contributed by atoms with E-state index in [0.717, 1.165) is 57.2 Å². The lowest BCUT2D eigenvalue weighted by atomic mass is 10.0. The van der Waals surface area contributed by atoms with Crippen molar-refractivity contribution in [1.29, 1.82) is 0 Å². The highest BCUT2D eigenvalue weighted by Crippen LogP contribution is 2.26. The molecule has 6 nitrogen and oxygen atoms in total. The summed E-state index contributed by atoms with van der Waals surface area (Å²) < 4.78 is 7.34. The lowest BCUT2D eigenvalue weighted by molar-refractivity contribution is 0.0119. The van der Waals surface area contributed by atoms with Crippen molar-refractivity contribution in [3.63, 3.8) is 0 Å². The van der Waals surface area contributed by atoms with Crippen LogP contribution >= 0.6 is 0 Å². The molecule has 0 aliphatic carbocycles. The molecular weight excluding hydrogens is 304 g/mol. The van der Waals surface area contributed by atoms with Gasteiger partial charge in [0.2, 0.25) is 0 Å². The normalized spacial score (nSPS) is 25.6. The first-order valence-corrected chi connectivity index (χ1v) is 9.19. The summed E-state index contributed by atoms with van der Waals surface area (Å²) in [6, 6.07) is 0.446. The molecule has 0 aromatic carbocycles. The van der Waals surface area contributed by atoms with E-state index in [9.17, 15) is 4.79 Å². The summed E-state index contributed by atoms with van der Waals surface area (Å²) in [6.45, 7) is 14.5. The van der Waals surface area contributed by atoms with E-state index in [1.54, 1.807) is 0 Å². The van der Waals surface area contributed by atoms with Gasteiger partial charge in [0.1, 0.15) is 0 Å². The standard InChI is InChI=1S/C18H30N4O2/c1-5-22-11-15(17(19-22)13(2)3)18(23)21-10-14(4)16(12-21)20-6-8-24-9-7-20/h11,13-14,16H,5-10,12H2,1-4H3/t14-,16+/m0/s1. The maximum absolute atomic E-state index is 13.1. The van der Waals surface area contributed by atoms with Crippen molar-refractivity contribution in [3.05, 3.63) is 17.5 Å². The van der Waals surface area contributed by atoms with Gasteiger partial charge in [0.25, 0.3) is 5.91 Å². The van der Waals surface area contributed by atoms with Gasteiger partial charge in [-0.05, 0) is 18.8 Å². The molecule has 0 saturated carbocycles. The molecule has 3 rings (SSSR count). The van der Waals surface area contributed by atoms with Gasteiger partial charge in [-0.1, -0.05) is 20.8 Å². The number of nitrogens with zero attached hydrogens (tertiary/aromatic N) is 4. The number of morpholine rings is 1. The van der Waals surface area contributed by atoms with Crippen LogP contribution in [0.5, 0.6) is 0 Å². The molecule has 6 heteroatoms. The first-order chi connectivity index (χ1) is 11.5. The smallest absolute Gasteiger partial charge is 0.257 e. The number of likely N-dealkylation sites (tertiary alicyclic amines) is 1. The van der Waals surface area contributed by atoms with Gasteiger partial charge in [-0.2, -0.15) is 5.10 Å². The Bertz CT molecular complexity index is 578. The molecule has 1 amide bonds. The summed E-state index contributed by atoms with van der Waals surface area (Å²) in [4.78, 5) is 17.6. The lowest BCUT2D eigenvalue weighted by Crippen LogP contribution is -2.47. The molecule has 134 valence electrons. The van der Waals surface area contributed by atoms with Crippen LogP contribution in [0.25, 0.3) is 0 Å². The molecule has 24 heavy (non-hydrogen) atoms. The largest absolute Gasteiger partial charge is 0.379 e. The number of aryl methyl sites for hydroxylation is 1. The average Bonchev–Trinajstić information content (AvgIpc) is 3.19. The van der Waals surface area contributed by atoms with Crippen molar-refractivity contribution in [2.45, 2.75) is 46.2 Å². The van der Waals surface area contributed by atoms with E-state index in [0.29, 0.717) is 12.0 Å². The number of rotatable bonds is 4. The zero-order valence-electron chi connectivity index (χ0n) is 15.4. The number of carbonyl (C=O) groups excluding carboxylic acids is 1. The second-order valence-corrected chi connectivity index (χ2v) is 7.34. The van der Waals surface area contributed by atoms with Gasteiger partial charge in [-0.25, -0.2) is 0 Å². The molecule has 2 fully saturated rings. The second-order valence-electron chi connectivity index (χ2n) is 7.34. The van der Waals surface area contributed by atoms with Gasteiger partial charge in [0.15, 0.2) is 0 Å². The van der Waals surface area contributed by atoms with E-state index in [2.05, 4.69) is 37.7 Å². The van der Waals surface area contributed by atoms with Gasteiger partial charge < -0.3 is 9.64 Å². The summed E-state index contributed by atoms with van der Waals surface area (Å²) >= 11 is 0. The quantitative estimate of drug-likeness (QED) is 0.843. The fourth-order valence-corrected chi connectivity index (χ4v) is 3.86. The number of ether oxygens (including phenoxy) is 1. The van der Waals surface area contributed by atoms with Crippen LogP contribution in [-0.4, -0.2) is 70.9 Å². The highest BCUT2D eigenvalue weighted by atomic mass is 16.5. The van der Waals surface area contributed by atoms with Crippen LogP contribution in [0.3, 0.4) is 0 Å². The molecule has 0 radical (unpaired) electrons. The van der Waals surface area contributed by atoms with E-state index in [1.807, 2.05) is 15.8 Å². The van der Waals surface area contributed by atoms with Crippen molar-refractivity contribution in [2.24, 2.45) is 5.92 Å². The van der Waals surface area contributed by atoms with E-state index in [4.69, 9.17) is 4.74 Å². The maximum atomic E-state index is 13.1. The number of hydrogen-bond acceptors (Lipinski definition) is 4. The minimum absolute atomic E-state index is 0.140. The predicted octanol–water partition coefficient (Wildman–Crippen LogP) is 1.82. The number of aromatic nitrogens is 2. The predicted molar refractivity (Wildman–Crippen MR) is 93.2 cm³/mol. The molecule has 0 unspecified atom stereocenters. The third-order valence-corrected chi connectivity index (χ3v) is 5.27. The third kappa shape index (κ3) is 3.35. The SMILES string of the molecule is CCn1cc(C(=O)N2C[C@@H](N3CCOCC3)[C@@H](C)C2)c(C(C)C)n1. The number of carbonyl (C=O) groups is 1. The topological polar surface area (TPSA) is 50.6 Å². The molecule has 2 saturated heterocycles. The van der Waals surface area contributed by atoms with Crippen molar-refractivity contribution in [2.75, 3.05) is 39.4 Å². The zero-order valence-corrected chi connectivity index (χ0v) is 15.4. The first-order valence-electron chi connectivity index (χ1n) is 9.19. The van der Waals surface area contributed by atoms with Crippen molar-refractivity contribution < 1.29 is 9.53 Å². The molecule has 3 heterocycles. The Balaban J connectivity index is 1.75. The summed E-state index contributed by atoms with van der Waals surface area (Å²) in [6.07, 6.45) is 1.92. The Morgan fingerprint density at radius 3 is 2.67 bits per heavy atom. The molecule has 1 aromatic heterocycles. The molecule has 2 atom stereocenters. The Morgan fingerprint density at radius 1 is 1.33 bits per heavy atom. The molecular formula is C18H30N4O2. The fraction of sp³-hybridized carbons (Fsp3) is 0.778. The van der Waals surface area contributed by atoms with Crippen LogP contribution < -0.4 is 0 Å². The second kappa shape index (κ2) is 7.23. The molecule has 1 aromatic rings. The van der Waals surface area contributed by atoms with Crippen LogP contribution in [0.15, 0.2) is 6.20 Å². The Morgan fingerprint density at radius 2 is 2.04 bits per heavy atom. The monoisotopic (exact) mass is 334 g/mol. The minimum atomic E-state index is 0.140. The van der Waals surface area contributed by atoms with Crippen molar-refractivity contribution in [3.8, 4) is 0 Å². The Labute approximate surface area is 144 Å².